The maximum absolute atomic E-state index is 12.4. The lowest BCUT2D eigenvalue weighted by Gasteiger charge is -2.17. The number of hydrogen-bond acceptors (Lipinski definition) is 4. The first-order valence-corrected chi connectivity index (χ1v) is 9.32. The second-order valence-corrected chi connectivity index (χ2v) is 7.94. The van der Waals surface area contributed by atoms with Crippen LogP contribution in [0.4, 0.5) is 11.5 Å². The summed E-state index contributed by atoms with van der Waals surface area (Å²) >= 11 is 0. The van der Waals surface area contributed by atoms with Crippen LogP contribution in [0.25, 0.3) is 0 Å². The minimum Gasteiger partial charge on any atom is -0.307 e. The average molecular weight is 348 g/mol. The van der Waals surface area contributed by atoms with E-state index in [0.717, 1.165) is 11.3 Å². The second kappa shape index (κ2) is 5.94. The molecule has 7 nitrogen and oxygen atoms in total. The first-order chi connectivity index (χ1) is 11.3. The fourth-order valence-corrected chi connectivity index (χ4v) is 4.39. The van der Waals surface area contributed by atoms with Crippen molar-refractivity contribution in [3.8, 4) is 0 Å². The zero-order chi connectivity index (χ0) is 17.5. The summed E-state index contributed by atoms with van der Waals surface area (Å²) in [6.45, 7) is 4.27. The lowest BCUT2D eigenvalue weighted by Crippen LogP contribution is -2.25. The van der Waals surface area contributed by atoms with E-state index in [1.54, 1.807) is 36.0 Å². The molecule has 2 aromatic rings. The first kappa shape index (κ1) is 16.5. The summed E-state index contributed by atoms with van der Waals surface area (Å²) in [5.74, 6) is 0.578. The van der Waals surface area contributed by atoms with Crippen LogP contribution in [0.2, 0.25) is 0 Å². The predicted octanol–water partition coefficient (Wildman–Crippen LogP) is 1.83. The van der Waals surface area contributed by atoms with Crippen LogP contribution in [0.5, 0.6) is 0 Å². The molecular weight excluding hydrogens is 328 g/mol. The molecule has 128 valence electrons. The van der Waals surface area contributed by atoms with Crippen LogP contribution in [0.3, 0.4) is 0 Å². The van der Waals surface area contributed by atoms with E-state index in [1.165, 1.54) is 4.31 Å². The SMILES string of the molecule is Cc1nn(C)c(NC(=O)c2ccc(N3CCCS3(=O)=O)cc2)c1C. The van der Waals surface area contributed by atoms with Gasteiger partial charge in [0.05, 0.1) is 17.1 Å². The van der Waals surface area contributed by atoms with Gasteiger partial charge < -0.3 is 5.32 Å². The quantitative estimate of drug-likeness (QED) is 0.917. The van der Waals surface area contributed by atoms with Crippen LogP contribution in [-0.4, -0.2) is 36.4 Å². The maximum atomic E-state index is 12.4. The van der Waals surface area contributed by atoms with E-state index in [-0.39, 0.29) is 11.7 Å². The van der Waals surface area contributed by atoms with Crippen molar-refractivity contribution in [2.24, 2.45) is 7.05 Å². The number of nitrogens with zero attached hydrogens (tertiary/aromatic N) is 3. The minimum atomic E-state index is -3.21. The van der Waals surface area contributed by atoms with E-state index < -0.39 is 10.0 Å². The van der Waals surface area contributed by atoms with Crippen LogP contribution in [0.15, 0.2) is 24.3 Å². The molecule has 0 saturated carbocycles. The molecule has 1 aliphatic rings. The molecule has 0 aliphatic carbocycles. The van der Waals surface area contributed by atoms with Crippen molar-refractivity contribution >= 4 is 27.4 Å². The van der Waals surface area contributed by atoms with Crippen LogP contribution in [-0.2, 0) is 17.1 Å². The van der Waals surface area contributed by atoms with Crippen molar-refractivity contribution in [1.29, 1.82) is 0 Å². The van der Waals surface area contributed by atoms with Crippen LogP contribution in [0.1, 0.15) is 28.0 Å². The first-order valence-electron chi connectivity index (χ1n) is 7.71. The standard InChI is InChI=1S/C16H20N4O3S/c1-11-12(2)18-19(3)15(11)17-16(21)13-5-7-14(8-6-13)20-9-4-10-24(20,22)23/h5-8H,4,9-10H2,1-3H3,(H,17,21). The summed E-state index contributed by atoms with van der Waals surface area (Å²) in [4.78, 5) is 12.4. The van der Waals surface area contributed by atoms with E-state index in [9.17, 15) is 13.2 Å². The number of nitrogens with one attached hydrogen (secondary N) is 1. The Hall–Kier alpha value is -2.35. The molecule has 1 aromatic carbocycles. The fraction of sp³-hybridized carbons (Fsp3) is 0.375. The molecule has 3 rings (SSSR count). The van der Waals surface area contributed by atoms with Gasteiger partial charge in [0, 0.05) is 24.7 Å². The van der Waals surface area contributed by atoms with Crippen molar-refractivity contribution < 1.29 is 13.2 Å². The third-order valence-electron chi connectivity index (χ3n) is 4.27. The van der Waals surface area contributed by atoms with Crippen LogP contribution < -0.4 is 9.62 Å². The Morgan fingerprint density at radius 3 is 2.38 bits per heavy atom. The number of aryl methyl sites for hydroxylation is 2. The molecule has 1 fully saturated rings. The number of rotatable bonds is 3. The number of hydrogen-bond donors (Lipinski definition) is 1. The molecule has 1 saturated heterocycles. The van der Waals surface area contributed by atoms with Gasteiger partial charge in [0.2, 0.25) is 10.0 Å². The molecular formula is C16H20N4O3S. The minimum absolute atomic E-state index is 0.175. The summed E-state index contributed by atoms with van der Waals surface area (Å²) in [5, 5.41) is 7.12. The molecule has 1 N–H and O–H groups in total. The number of sulfonamides is 1. The van der Waals surface area contributed by atoms with Gasteiger partial charge >= 0.3 is 0 Å². The highest BCUT2D eigenvalue weighted by atomic mass is 32.2. The van der Waals surface area contributed by atoms with Gasteiger partial charge in [0.15, 0.2) is 0 Å². The van der Waals surface area contributed by atoms with Gasteiger partial charge in [0.1, 0.15) is 5.82 Å². The van der Waals surface area contributed by atoms with Crippen molar-refractivity contribution in [2.45, 2.75) is 20.3 Å². The average Bonchev–Trinajstić information content (AvgIpc) is 3.01. The van der Waals surface area contributed by atoms with E-state index in [2.05, 4.69) is 10.4 Å². The molecule has 0 atom stereocenters. The van der Waals surface area contributed by atoms with Gasteiger partial charge in [-0.15, -0.1) is 0 Å². The zero-order valence-corrected chi connectivity index (χ0v) is 14.7. The smallest absolute Gasteiger partial charge is 0.256 e. The van der Waals surface area contributed by atoms with Crippen molar-refractivity contribution in [3.05, 3.63) is 41.1 Å². The Kier molecular flexibility index (Phi) is 4.08. The molecule has 1 amide bonds. The number of aromatic nitrogens is 2. The lowest BCUT2D eigenvalue weighted by molar-refractivity contribution is 0.102. The van der Waals surface area contributed by atoms with Crippen molar-refractivity contribution in [3.63, 3.8) is 0 Å². The Morgan fingerprint density at radius 1 is 1.21 bits per heavy atom. The highest BCUT2D eigenvalue weighted by Gasteiger charge is 2.28. The Morgan fingerprint density at radius 2 is 1.88 bits per heavy atom. The van der Waals surface area contributed by atoms with Gasteiger partial charge in [-0.05, 0) is 44.5 Å². The number of carbonyl (C=O) groups is 1. The van der Waals surface area contributed by atoms with E-state index in [1.807, 2.05) is 13.8 Å². The number of anilines is 2. The molecule has 1 aromatic heterocycles. The third-order valence-corrected chi connectivity index (χ3v) is 6.14. The van der Waals surface area contributed by atoms with Gasteiger partial charge in [-0.2, -0.15) is 5.10 Å². The van der Waals surface area contributed by atoms with Crippen LogP contribution in [0, 0.1) is 13.8 Å². The summed E-state index contributed by atoms with van der Waals surface area (Å²) in [6, 6.07) is 6.60. The van der Waals surface area contributed by atoms with E-state index >= 15 is 0 Å². The Labute approximate surface area is 141 Å². The molecule has 1 aliphatic heterocycles. The van der Waals surface area contributed by atoms with Crippen molar-refractivity contribution in [1.82, 2.24) is 9.78 Å². The van der Waals surface area contributed by atoms with Gasteiger partial charge in [-0.25, -0.2) is 8.42 Å². The third kappa shape index (κ3) is 2.89. The molecule has 0 bridgehead atoms. The molecule has 2 heterocycles. The van der Waals surface area contributed by atoms with Crippen LogP contribution >= 0.6 is 0 Å². The normalized spacial score (nSPS) is 16.4. The number of carbonyl (C=O) groups excluding carboxylic acids is 1. The fourth-order valence-electron chi connectivity index (χ4n) is 2.83. The monoisotopic (exact) mass is 348 g/mol. The highest BCUT2D eigenvalue weighted by molar-refractivity contribution is 7.93. The predicted molar refractivity (Wildman–Crippen MR) is 92.8 cm³/mol. The Bertz CT molecular complexity index is 885. The summed E-state index contributed by atoms with van der Waals surface area (Å²) < 4.78 is 26.9. The maximum Gasteiger partial charge on any atom is 0.256 e. The number of benzene rings is 1. The largest absolute Gasteiger partial charge is 0.307 e. The summed E-state index contributed by atoms with van der Waals surface area (Å²) in [5.41, 5.74) is 2.85. The topological polar surface area (TPSA) is 84.3 Å². The van der Waals surface area contributed by atoms with Gasteiger partial charge in [-0.3, -0.25) is 13.8 Å². The Balaban J connectivity index is 1.79. The zero-order valence-electron chi connectivity index (χ0n) is 13.9. The summed E-state index contributed by atoms with van der Waals surface area (Å²) in [7, 11) is -1.43. The molecule has 0 unspecified atom stereocenters. The van der Waals surface area contributed by atoms with E-state index in [0.29, 0.717) is 30.0 Å². The molecule has 24 heavy (non-hydrogen) atoms. The molecule has 8 heteroatoms. The summed E-state index contributed by atoms with van der Waals surface area (Å²) in [6.07, 6.45) is 0.629. The van der Waals surface area contributed by atoms with Crippen molar-refractivity contribution in [2.75, 3.05) is 21.9 Å². The van der Waals surface area contributed by atoms with E-state index in [4.69, 9.17) is 0 Å². The molecule has 0 spiro atoms. The lowest BCUT2D eigenvalue weighted by atomic mass is 10.2. The second-order valence-electron chi connectivity index (χ2n) is 5.93. The molecule has 0 radical (unpaired) electrons. The van der Waals surface area contributed by atoms with Gasteiger partial charge in [0.25, 0.3) is 5.91 Å². The highest BCUT2D eigenvalue weighted by Crippen LogP contribution is 2.24. The number of amides is 1. The van der Waals surface area contributed by atoms with Gasteiger partial charge in [-0.1, -0.05) is 0 Å².